The van der Waals surface area contributed by atoms with Crippen LogP contribution < -0.4 is 21.1 Å². The Labute approximate surface area is 159 Å². The van der Waals surface area contributed by atoms with Crippen LogP contribution in [0.1, 0.15) is 10.4 Å². The highest BCUT2D eigenvalue weighted by atomic mass is 32.2. The minimum Gasteiger partial charge on any atom is -0.497 e. The molecule has 1 aliphatic heterocycles. The Balaban J connectivity index is 1.68. The van der Waals surface area contributed by atoms with Crippen LogP contribution in [0.2, 0.25) is 0 Å². The summed E-state index contributed by atoms with van der Waals surface area (Å²) in [6, 6.07) is 11.3. The lowest BCUT2D eigenvalue weighted by atomic mass is 10.2. The summed E-state index contributed by atoms with van der Waals surface area (Å²) in [6.45, 7) is 0. The van der Waals surface area contributed by atoms with Gasteiger partial charge in [-0.15, -0.1) is 0 Å². The van der Waals surface area contributed by atoms with Gasteiger partial charge in [0.25, 0.3) is 5.91 Å². The molecule has 2 unspecified atom stereocenters. The Morgan fingerprint density at radius 3 is 2.41 bits per heavy atom. The van der Waals surface area contributed by atoms with Gasteiger partial charge in [0, 0.05) is 11.3 Å². The molecule has 1 heterocycles. The fourth-order valence-electron chi connectivity index (χ4n) is 2.40. The lowest BCUT2D eigenvalue weighted by molar-refractivity contribution is -0.119. The molecule has 0 saturated heterocycles. The number of primary amides is 1. The number of thioether (sulfide) groups is 1. The highest BCUT2D eigenvalue weighted by Crippen LogP contribution is 2.27. The van der Waals surface area contributed by atoms with E-state index in [1.165, 1.54) is 36.0 Å². The maximum Gasteiger partial charge on any atom is 0.252 e. The third kappa shape index (κ3) is 4.56. The summed E-state index contributed by atoms with van der Waals surface area (Å²) in [5.41, 5.74) is 6.43. The lowest BCUT2D eigenvalue weighted by Gasteiger charge is -2.16. The third-order valence-electron chi connectivity index (χ3n) is 3.79. The van der Waals surface area contributed by atoms with E-state index < -0.39 is 29.0 Å². The van der Waals surface area contributed by atoms with Crippen LogP contribution in [0.3, 0.4) is 0 Å². The van der Waals surface area contributed by atoms with Gasteiger partial charge in [-0.25, -0.2) is 9.38 Å². The Kier molecular flexibility index (Phi) is 5.60. The zero-order chi connectivity index (χ0) is 19.4. The van der Waals surface area contributed by atoms with Gasteiger partial charge >= 0.3 is 0 Å². The summed E-state index contributed by atoms with van der Waals surface area (Å²) in [5.74, 6) is -0.829. The number of nitrogens with zero attached hydrogens (tertiary/aromatic N) is 1. The summed E-state index contributed by atoms with van der Waals surface area (Å²) in [6.07, 6.45) is 0. The summed E-state index contributed by atoms with van der Waals surface area (Å²) in [7, 11) is 1.57. The van der Waals surface area contributed by atoms with E-state index >= 15 is 0 Å². The van der Waals surface area contributed by atoms with Crippen molar-refractivity contribution >= 4 is 34.4 Å². The molecule has 1 aliphatic rings. The number of hydrogen-bond donors (Lipinski definition) is 3. The smallest absolute Gasteiger partial charge is 0.252 e. The molecule has 0 bridgehead atoms. The monoisotopic (exact) mass is 388 g/mol. The quantitative estimate of drug-likeness (QED) is 0.726. The zero-order valence-electron chi connectivity index (χ0n) is 14.3. The average molecular weight is 388 g/mol. The fraction of sp³-hybridized carbons (Fsp3) is 0.167. The van der Waals surface area contributed by atoms with Crippen molar-refractivity contribution in [2.24, 2.45) is 10.7 Å². The minimum atomic E-state index is -0.917. The number of hydrogen-bond acceptors (Lipinski definition) is 6. The van der Waals surface area contributed by atoms with Gasteiger partial charge in [0.1, 0.15) is 16.9 Å². The van der Waals surface area contributed by atoms with Gasteiger partial charge in [-0.05, 0) is 48.5 Å². The Morgan fingerprint density at radius 2 is 1.81 bits per heavy atom. The Morgan fingerprint density at radius 1 is 1.15 bits per heavy atom. The SMILES string of the molecule is COc1ccc(NC2=NC(C(N)=O)C(NC(=O)c3ccc(F)cc3)S2)cc1. The van der Waals surface area contributed by atoms with E-state index in [1.807, 2.05) is 0 Å². The van der Waals surface area contributed by atoms with Gasteiger partial charge in [-0.2, -0.15) is 0 Å². The highest BCUT2D eigenvalue weighted by Gasteiger charge is 2.35. The summed E-state index contributed by atoms with van der Waals surface area (Å²) in [4.78, 5) is 28.3. The van der Waals surface area contributed by atoms with Gasteiger partial charge in [0.15, 0.2) is 11.2 Å². The van der Waals surface area contributed by atoms with Crippen molar-refractivity contribution in [3.8, 4) is 5.75 Å². The van der Waals surface area contributed by atoms with Crippen LogP contribution >= 0.6 is 11.8 Å². The molecule has 140 valence electrons. The number of nitrogens with one attached hydrogen (secondary N) is 2. The normalized spacial score (nSPS) is 18.5. The molecule has 7 nitrogen and oxygen atoms in total. The van der Waals surface area contributed by atoms with Gasteiger partial charge in [0.05, 0.1) is 7.11 Å². The molecule has 3 rings (SSSR count). The molecule has 2 aromatic carbocycles. The number of ether oxygens (including phenoxy) is 1. The van der Waals surface area contributed by atoms with E-state index in [4.69, 9.17) is 10.5 Å². The number of benzene rings is 2. The molecule has 2 aromatic rings. The zero-order valence-corrected chi connectivity index (χ0v) is 15.1. The van der Waals surface area contributed by atoms with Crippen molar-refractivity contribution in [1.82, 2.24) is 5.32 Å². The van der Waals surface area contributed by atoms with E-state index in [0.717, 1.165) is 5.69 Å². The van der Waals surface area contributed by atoms with Crippen LogP contribution in [0.15, 0.2) is 53.5 Å². The van der Waals surface area contributed by atoms with Gasteiger partial charge in [-0.3, -0.25) is 9.59 Å². The van der Waals surface area contributed by atoms with Crippen molar-refractivity contribution in [2.75, 3.05) is 12.4 Å². The van der Waals surface area contributed by atoms with Gasteiger partial charge < -0.3 is 21.1 Å². The molecule has 2 amide bonds. The van der Waals surface area contributed by atoms with Crippen LogP contribution in [-0.4, -0.2) is 35.5 Å². The Bertz CT molecular complexity index is 871. The molecule has 0 fully saturated rings. The molecular formula is C18H17FN4O3S. The number of carbonyl (C=O) groups excluding carboxylic acids is 2. The van der Waals surface area contributed by atoms with Crippen LogP contribution in [0, 0.1) is 5.82 Å². The van der Waals surface area contributed by atoms with E-state index in [1.54, 1.807) is 31.4 Å². The fourth-order valence-corrected chi connectivity index (χ4v) is 3.49. The average Bonchev–Trinajstić information content (AvgIpc) is 3.05. The number of amidine groups is 1. The van der Waals surface area contributed by atoms with Crippen molar-refractivity contribution in [2.45, 2.75) is 11.4 Å². The number of amides is 2. The number of rotatable bonds is 5. The first-order valence-electron chi connectivity index (χ1n) is 7.97. The summed E-state index contributed by atoms with van der Waals surface area (Å²) >= 11 is 1.18. The van der Waals surface area contributed by atoms with E-state index in [2.05, 4.69) is 15.6 Å². The number of halogens is 1. The first kappa shape index (κ1) is 18.7. The van der Waals surface area contributed by atoms with Gasteiger partial charge in [0.2, 0.25) is 5.91 Å². The number of anilines is 1. The maximum atomic E-state index is 13.0. The standard InChI is InChI=1S/C18H17FN4O3S/c1-26-13-8-6-12(7-9-13)21-18-22-14(15(20)24)17(27-18)23-16(25)10-2-4-11(19)5-3-10/h2-9,14,17H,1H3,(H2,20,24)(H,21,22)(H,23,25). The van der Waals surface area contributed by atoms with Crippen LogP contribution in [-0.2, 0) is 4.79 Å². The van der Waals surface area contributed by atoms with Crippen molar-refractivity contribution in [3.05, 3.63) is 59.9 Å². The van der Waals surface area contributed by atoms with Crippen LogP contribution in [0.25, 0.3) is 0 Å². The maximum absolute atomic E-state index is 13.0. The molecule has 4 N–H and O–H groups in total. The molecule has 2 atom stereocenters. The topological polar surface area (TPSA) is 106 Å². The number of methoxy groups -OCH3 is 1. The first-order chi connectivity index (χ1) is 13.0. The molecule has 0 radical (unpaired) electrons. The van der Waals surface area contributed by atoms with Crippen molar-refractivity contribution in [3.63, 3.8) is 0 Å². The molecule has 9 heteroatoms. The lowest BCUT2D eigenvalue weighted by Crippen LogP contribution is -2.44. The second-order valence-electron chi connectivity index (χ2n) is 5.65. The number of nitrogens with two attached hydrogens (primary N) is 1. The molecule has 27 heavy (non-hydrogen) atoms. The second kappa shape index (κ2) is 8.09. The third-order valence-corrected chi connectivity index (χ3v) is 4.85. The largest absolute Gasteiger partial charge is 0.497 e. The van der Waals surface area contributed by atoms with Crippen LogP contribution in [0.4, 0.5) is 10.1 Å². The van der Waals surface area contributed by atoms with Crippen molar-refractivity contribution in [1.29, 1.82) is 0 Å². The predicted octanol–water partition coefficient (Wildman–Crippen LogP) is 1.96. The second-order valence-corrected chi connectivity index (χ2v) is 6.78. The van der Waals surface area contributed by atoms with E-state index in [0.29, 0.717) is 10.9 Å². The molecule has 0 aromatic heterocycles. The molecular weight excluding hydrogens is 371 g/mol. The predicted molar refractivity (Wildman–Crippen MR) is 102 cm³/mol. The van der Waals surface area contributed by atoms with Gasteiger partial charge in [-0.1, -0.05) is 11.8 Å². The summed E-state index contributed by atoms with van der Waals surface area (Å²) in [5, 5.41) is 5.57. The van der Waals surface area contributed by atoms with E-state index in [-0.39, 0.29) is 5.56 Å². The van der Waals surface area contributed by atoms with Crippen LogP contribution in [0.5, 0.6) is 5.75 Å². The van der Waals surface area contributed by atoms with E-state index in [9.17, 15) is 14.0 Å². The summed E-state index contributed by atoms with van der Waals surface area (Å²) < 4.78 is 18.1. The number of aliphatic imine (C=N–C) groups is 1. The number of carbonyl (C=O) groups is 2. The van der Waals surface area contributed by atoms with Crippen molar-refractivity contribution < 1.29 is 18.7 Å². The molecule has 0 aliphatic carbocycles. The molecule has 0 saturated carbocycles. The Hall–Kier alpha value is -3.07. The first-order valence-corrected chi connectivity index (χ1v) is 8.85. The highest BCUT2D eigenvalue weighted by molar-refractivity contribution is 8.15. The minimum absolute atomic E-state index is 0.275. The molecule has 0 spiro atoms.